The number of benzene rings is 2. The summed E-state index contributed by atoms with van der Waals surface area (Å²) in [6.07, 6.45) is 5.15. The zero-order valence-corrected chi connectivity index (χ0v) is 26.2. The highest BCUT2D eigenvalue weighted by atomic mass is 79.9. The monoisotopic (exact) mass is 655 g/mol. The van der Waals surface area contributed by atoms with E-state index in [9.17, 15) is 14.4 Å². The quantitative estimate of drug-likeness (QED) is 0.262. The number of piperidine rings is 1. The minimum atomic E-state index is -0.869. The van der Waals surface area contributed by atoms with Crippen molar-refractivity contribution < 1.29 is 14.4 Å². The summed E-state index contributed by atoms with van der Waals surface area (Å²) >= 11 is 3.50. The molecule has 2 aromatic heterocycles. The van der Waals surface area contributed by atoms with Gasteiger partial charge in [-0.05, 0) is 48.7 Å². The summed E-state index contributed by atoms with van der Waals surface area (Å²) in [6, 6.07) is 18.8. The lowest BCUT2D eigenvalue weighted by Crippen LogP contribution is -2.41. The van der Waals surface area contributed by atoms with Gasteiger partial charge >= 0.3 is 0 Å². The minimum Gasteiger partial charge on any atom is -0.382 e. The van der Waals surface area contributed by atoms with Crippen molar-refractivity contribution in [2.24, 2.45) is 11.8 Å². The molecule has 6 rings (SSSR count). The number of rotatable bonds is 6. The lowest BCUT2D eigenvalue weighted by molar-refractivity contribution is -0.135. The van der Waals surface area contributed by atoms with E-state index in [0.717, 1.165) is 39.7 Å². The van der Waals surface area contributed by atoms with Gasteiger partial charge in [0, 0.05) is 64.7 Å². The molecule has 1 atom stereocenters. The molecule has 0 bridgehead atoms. The number of carbonyl (C=O) groups excluding carboxylic acids is 3. The Morgan fingerprint density at radius 3 is 2.43 bits per heavy atom. The number of nitrogen functional groups attached to an aromatic ring is 1. The smallest absolute Gasteiger partial charge is 0.244 e. The molecule has 11 heteroatoms. The third kappa shape index (κ3) is 5.71. The molecule has 4 aromatic rings. The van der Waals surface area contributed by atoms with E-state index in [1.165, 1.54) is 11.2 Å². The Labute approximate surface area is 264 Å². The van der Waals surface area contributed by atoms with Crippen LogP contribution in [0.4, 0.5) is 17.2 Å². The molecule has 1 saturated heterocycles. The van der Waals surface area contributed by atoms with E-state index in [2.05, 4.69) is 37.4 Å². The number of para-hydroxylation sites is 1. The third-order valence-electron chi connectivity index (χ3n) is 8.35. The number of allylic oxidation sites excluding steroid dienone is 1. The maximum atomic E-state index is 13.3. The van der Waals surface area contributed by atoms with Crippen LogP contribution in [0.25, 0.3) is 16.6 Å². The fraction of sp³-hybridized carbons (Fsp3) is 0.303. The van der Waals surface area contributed by atoms with Gasteiger partial charge in [0.05, 0.1) is 0 Å². The maximum absolute atomic E-state index is 13.3. The maximum Gasteiger partial charge on any atom is 0.244 e. The van der Waals surface area contributed by atoms with Gasteiger partial charge in [0.2, 0.25) is 17.7 Å². The Balaban J connectivity index is 1.21. The number of hydrogen-bond donors (Lipinski definition) is 2. The topological polar surface area (TPSA) is 126 Å². The van der Waals surface area contributed by atoms with Gasteiger partial charge in [0.1, 0.15) is 17.8 Å². The predicted octanol–water partition coefficient (Wildman–Crippen LogP) is 5.57. The van der Waals surface area contributed by atoms with E-state index >= 15 is 0 Å². The number of fused-ring (bicyclic) bond motifs is 1. The molecular formula is C33H34BrN7O3. The number of amides is 3. The molecule has 1 unspecified atom stereocenters. The van der Waals surface area contributed by atoms with Crippen LogP contribution in [0.3, 0.4) is 0 Å². The summed E-state index contributed by atoms with van der Waals surface area (Å²) in [7, 11) is 0. The summed E-state index contributed by atoms with van der Waals surface area (Å²) in [4.78, 5) is 46.8. The number of nitrogens with zero attached hydrogens (tertiary/aromatic N) is 5. The van der Waals surface area contributed by atoms with Gasteiger partial charge in [-0.3, -0.25) is 19.3 Å². The number of carbonyl (C=O) groups is 3. The Morgan fingerprint density at radius 1 is 1.05 bits per heavy atom. The van der Waals surface area contributed by atoms with Crippen LogP contribution in [0, 0.1) is 11.8 Å². The molecule has 0 radical (unpaired) electrons. The van der Waals surface area contributed by atoms with Crippen LogP contribution < -0.4 is 16.0 Å². The molecule has 0 aliphatic carbocycles. The molecule has 0 saturated carbocycles. The van der Waals surface area contributed by atoms with Gasteiger partial charge in [-0.2, -0.15) is 5.10 Å². The van der Waals surface area contributed by atoms with E-state index in [1.807, 2.05) is 77.9 Å². The average Bonchev–Trinajstić information content (AvgIpc) is 3.43. The van der Waals surface area contributed by atoms with Gasteiger partial charge in [-0.1, -0.05) is 60.1 Å². The first-order chi connectivity index (χ1) is 21.2. The Hall–Kier alpha value is -4.51. The van der Waals surface area contributed by atoms with Crippen LogP contribution in [0.2, 0.25) is 0 Å². The fourth-order valence-electron chi connectivity index (χ4n) is 6.03. The largest absolute Gasteiger partial charge is 0.382 e. The average molecular weight is 657 g/mol. The summed E-state index contributed by atoms with van der Waals surface area (Å²) in [5, 5.41) is 7.46. The number of nitrogens with two attached hydrogens (primary N) is 1. The zero-order valence-electron chi connectivity index (χ0n) is 24.6. The van der Waals surface area contributed by atoms with Crippen LogP contribution in [0.1, 0.15) is 44.7 Å². The van der Waals surface area contributed by atoms with E-state index < -0.39 is 5.92 Å². The first kappa shape index (κ1) is 29.6. The molecule has 226 valence electrons. The van der Waals surface area contributed by atoms with Crippen molar-refractivity contribution in [3.63, 3.8) is 0 Å². The molecule has 10 nitrogen and oxygen atoms in total. The first-order valence-corrected chi connectivity index (χ1v) is 15.6. The molecule has 2 aromatic carbocycles. The molecule has 4 heterocycles. The van der Waals surface area contributed by atoms with Crippen molar-refractivity contribution in [3.05, 3.63) is 83.4 Å². The molecule has 3 N–H and O–H groups in total. The number of likely N-dealkylation sites (tertiary alicyclic amines) is 1. The SMILES string of the molecule is CC(C)C(=O)N1CCC(c2cc(-c3ccc(NC(=O)C4CC(Br)=CN(c5ccccc5)C4=O)cc3)c3c(N)ncnn23)CC1. The lowest BCUT2D eigenvalue weighted by Gasteiger charge is -2.33. The number of anilines is 3. The molecule has 0 spiro atoms. The summed E-state index contributed by atoms with van der Waals surface area (Å²) in [5.74, 6) is -0.750. The first-order valence-electron chi connectivity index (χ1n) is 14.8. The van der Waals surface area contributed by atoms with Crippen molar-refractivity contribution in [2.45, 2.75) is 39.0 Å². The summed E-state index contributed by atoms with van der Waals surface area (Å²) in [5.41, 5.74) is 11.2. The zero-order chi connectivity index (χ0) is 31.0. The second-order valence-corrected chi connectivity index (χ2v) is 12.6. The molecule has 2 aliphatic heterocycles. The predicted molar refractivity (Wildman–Crippen MR) is 174 cm³/mol. The van der Waals surface area contributed by atoms with Crippen molar-refractivity contribution in [2.75, 3.05) is 29.0 Å². The number of halogens is 1. The van der Waals surface area contributed by atoms with Crippen LogP contribution in [-0.2, 0) is 14.4 Å². The second-order valence-electron chi connectivity index (χ2n) is 11.6. The molecule has 3 amide bonds. The lowest BCUT2D eigenvalue weighted by atomic mass is 9.92. The van der Waals surface area contributed by atoms with Crippen LogP contribution >= 0.6 is 15.9 Å². The van der Waals surface area contributed by atoms with E-state index in [-0.39, 0.29) is 36.0 Å². The molecule has 44 heavy (non-hydrogen) atoms. The highest BCUT2D eigenvalue weighted by Gasteiger charge is 2.35. The Morgan fingerprint density at radius 2 is 1.75 bits per heavy atom. The Kier molecular flexibility index (Phi) is 8.22. The van der Waals surface area contributed by atoms with E-state index in [4.69, 9.17) is 5.73 Å². The van der Waals surface area contributed by atoms with Gasteiger partial charge in [0.15, 0.2) is 5.82 Å². The van der Waals surface area contributed by atoms with E-state index in [1.54, 1.807) is 6.20 Å². The van der Waals surface area contributed by atoms with Crippen molar-refractivity contribution >= 4 is 56.4 Å². The van der Waals surface area contributed by atoms with Crippen molar-refractivity contribution in [1.82, 2.24) is 19.5 Å². The standard InChI is InChI=1S/C33H34BrN7O3/c1-20(2)32(43)39-14-12-22(13-15-39)28-17-26(29-30(35)36-19-37-41(28)29)21-8-10-24(11-9-21)38-31(42)27-16-23(34)18-40(33(27)44)25-6-4-3-5-7-25/h3-11,17-20,22,27H,12-16H2,1-2H3,(H,38,42)(H2,35,36,37). The number of nitrogens with one attached hydrogen (secondary N) is 1. The summed E-state index contributed by atoms with van der Waals surface area (Å²) < 4.78 is 2.64. The van der Waals surface area contributed by atoms with Gasteiger partial charge < -0.3 is 16.0 Å². The normalized spacial score (nSPS) is 17.7. The molecule has 2 aliphatic rings. The van der Waals surface area contributed by atoms with Gasteiger partial charge in [-0.15, -0.1) is 0 Å². The highest BCUT2D eigenvalue weighted by molar-refractivity contribution is 9.11. The third-order valence-corrected chi connectivity index (χ3v) is 8.88. The molecular weight excluding hydrogens is 622 g/mol. The number of hydrogen-bond acceptors (Lipinski definition) is 6. The second kappa shape index (κ2) is 12.2. The van der Waals surface area contributed by atoms with Crippen LogP contribution in [0.15, 0.2) is 77.7 Å². The van der Waals surface area contributed by atoms with Gasteiger partial charge in [0.25, 0.3) is 0 Å². The summed E-state index contributed by atoms with van der Waals surface area (Å²) in [6.45, 7) is 5.28. The van der Waals surface area contributed by atoms with E-state index in [0.29, 0.717) is 30.3 Å². The van der Waals surface area contributed by atoms with Gasteiger partial charge in [-0.25, -0.2) is 9.50 Å². The highest BCUT2D eigenvalue weighted by Crippen LogP contribution is 2.37. The number of aromatic nitrogens is 3. The fourth-order valence-corrected chi connectivity index (χ4v) is 6.56. The Bertz CT molecular complexity index is 1740. The molecule has 1 fully saturated rings. The van der Waals surface area contributed by atoms with Crippen LogP contribution in [0.5, 0.6) is 0 Å². The van der Waals surface area contributed by atoms with Crippen molar-refractivity contribution in [3.8, 4) is 11.1 Å². The minimum absolute atomic E-state index is 0.0153. The van der Waals surface area contributed by atoms with Crippen molar-refractivity contribution in [1.29, 1.82) is 0 Å². The van der Waals surface area contributed by atoms with Crippen LogP contribution in [-0.4, -0.2) is 50.3 Å².